The lowest BCUT2D eigenvalue weighted by Crippen LogP contribution is -2.39. The van der Waals surface area contributed by atoms with E-state index in [-0.39, 0.29) is 30.3 Å². The van der Waals surface area contributed by atoms with Gasteiger partial charge in [-0.3, -0.25) is 4.79 Å². The van der Waals surface area contributed by atoms with Crippen LogP contribution in [0.4, 0.5) is 4.39 Å². The van der Waals surface area contributed by atoms with Gasteiger partial charge in [-0.15, -0.1) is 0 Å². The van der Waals surface area contributed by atoms with Crippen molar-refractivity contribution >= 4 is 11.6 Å². The molecule has 1 atom stereocenters. The first-order chi connectivity index (χ1) is 13.5. The van der Waals surface area contributed by atoms with Crippen LogP contribution in [0.2, 0.25) is 0 Å². The second kappa shape index (κ2) is 8.87. The number of carbonyl (C=O) groups is 1. The third kappa shape index (κ3) is 4.50. The third-order valence-electron chi connectivity index (χ3n) is 4.70. The van der Waals surface area contributed by atoms with Gasteiger partial charge in [-0.25, -0.2) is 4.39 Å². The van der Waals surface area contributed by atoms with Gasteiger partial charge >= 0.3 is 0 Å². The van der Waals surface area contributed by atoms with Crippen LogP contribution in [0.3, 0.4) is 0 Å². The van der Waals surface area contributed by atoms with Crippen LogP contribution in [0.1, 0.15) is 31.4 Å². The third-order valence-corrected chi connectivity index (χ3v) is 4.70. The fourth-order valence-corrected chi connectivity index (χ4v) is 3.24. The van der Waals surface area contributed by atoms with Crippen LogP contribution in [-0.4, -0.2) is 36.3 Å². The number of methoxy groups -OCH3 is 1. The van der Waals surface area contributed by atoms with Gasteiger partial charge in [-0.05, 0) is 18.2 Å². The van der Waals surface area contributed by atoms with E-state index >= 15 is 0 Å². The Morgan fingerprint density at radius 3 is 2.68 bits per heavy atom. The molecular weight excluding hydrogens is 359 g/mol. The summed E-state index contributed by atoms with van der Waals surface area (Å²) >= 11 is 0. The molecule has 0 aliphatic carbocycles. The molecule has 0 radical (unpaired) electrons. The van der Waals surface area contributed by atoms with Gasteiger partial charge < -0.3 is 14.5 Å². The summed E-state index contributed by atoms with van der Waals surface area (Å²) in [5, 5.41) is 4.20. The molecule has 1 heterocycles. The smallest absolute Gasteiger partial charge is 0.225 e. The highest BCUT2D eigenvalue weighted by molar-refractivity contribution is 6.03. The lowest BCUT2D eigenvalue weighted by atomic mass is 10.0. The van der Waals surface area contributed by atoms with E-state index < -0.39 is 0 Å². The van der Waals surface area contributed by atoms with Crippen molar-refractivity contribution in [2.45, 2.75) is 32.9 Å². The zero-order chi connectivity index (χ0) is 20.1. The Morgan fingerprint density at radius 2 is 1.96 bits per heavy atom. The second-order valence-corrected chi connectivity index (χ2v) is 7.13. The van der Waals surface area contributed by atoms with Gasteiger partial charge in [0.05, 0.1) is 19.4 Å². The molecule has 0 saturated heterocycles. The summed E-state index contributed by atoms with van der Waals surface area (Å²) in [6, 6.07) is 14.1. The summed E-state index contributed by atoms with van der Waals surface area (Å²) in [6.45, 7) is 4.22. The van der Waals surface area contributed by atoms with E-state index in [0.717, 1.165) is 17.0 Å². The lowest BCUT2D eigenvalue weighted by Gasteiger charge is -2.26. The number of hydrogen-bond acceptors (Lipinski definition) is 4. The number of nitrogens with zero attached hydrogens (tertiary/aromatic N) is 2. The molecule has 1 unspecified atom stereocenters. The number of ether oxygens (including phenoxy) is 1. The van der Waals surface area contributed by atoms with Crippen molar-refractivity contribution < 1.29 is 18.8 Å². The molecule has 0 aromatic heterocycles. The summed E-state index contributed by atoms with van der Waals surface area (Å²) < 4.78 is 19.5. The molecule has 0 N–H and O–H groups in total. The molecule has 0 fully saturated rings. The van der Waals surface area contributed by atoms with Crippen LogP contribution < -0.4 is 4.74 Å². The maximum atomic E-state index is 14.1. The summed E-state index contributed by atoms with van der Waals surface area (Å²) in [4.78, 5) is 19.9. The Morgan fingerprint density at radius 1 is 1.25 bits per heavy atom. The topological polar surface area (TPSA) is 51.1 Å². The Balaban J connectivity index is 1.72. The monoisotopic (exact) mass is 384 g/mol. The average molecular weight is 384 g/mol. The Kier molecular flexibility index (Phi) is 6.29. The second-order valence-electron chi connectivity index (χ2n) is 7.13. The van der Waals surface area contributed by atoms with Crippen molar-refractivity contribution in [3.05, 3.63) is 65.5 Å². The van der Waals surface area contributed by atoms with Crippen LogP contribution in [0.15, 0.2) is 53.7 Å². The van der Waals surface area contributed by atoms with Crippen LogP contribution in [0, 0.1) is 11.7 Å². The summed E-state index contributed by atoms with van der Waals surface area (Å²) in [6.07, 6.45) is 0.272. The first-order valence-electron chi connectivity index (χ1n) is 9.38. The maximum absolute atomic E-state index is 14.1. The number of amides is 1. The number of rotatable bonds is 7. The van der Waals surface area contributed by atoms with Crippen LogP contribution in [0.5, 0.6) is 5.75 Å². The van der Waals surface area contributed by atoms with Gasteiger partial charge in [0.1, 0.15) is 11.6 Å². The molecule has 2 aromatic rings. The minimum atomic E-state index is -0.317. The van der Waals surface area contributed by atoms with E-state index in [1.54, 1.807) is 30.2 Å². The normalized spacial score (nSPS) is 15.9. The highest BCUT2D eigenvalue weighted by Crippen LogP contribution is 2.25. The number of benzene rings is 2. The first kappa shape index (κ1) is 19.9. The lowest BCUT2D eigenvalue weighted by molar-refractivity contribution is -0.137. The average Bonchev–Trinajstić information content (AvgIpc) is 3.16. The van der Waals surface area contributed by atoms with Crippen LogP contribution in [-0.2, 0) is 16.2 Å². The standard InChI is InChI=1S/C22H25FN2O3/c1-15(2)22(26)25(13-16-8-4-6-10-19(16)23)14-17-12-20(24-28-17)18-9-5-7-11-21(18)27-3/h4-11,15,17H,12-14H2,1-3H3. The highest BCUT2D eigenvalue weighted by atomic mass is 19.1. The van der Waals surface area contributed by atoms with E-state index in [0.29, 0.717) is 18.5 Å². The van der Waals surface area contributed by atoms with Crippen molar-refractivity contribution in [1.29, 1.82) is 0 Å². The van der Waals surface area contributed by atoms with Gasteiger partial charge in [0, 0.05) is 30.0 Å². The molecule has 1 aliphatic heterocycles. The zero-order valence-electron chi connectivity index (χ0n) is 16.4. The fraction of sp³-hybridized carbons (Fsp3) is 0.364. The van der Waals surface area contributed by atoms with Crippen molar-refractivity contribution in [3.8, 4) is 5.75 Å². The van der Waals surface area contributed by atoms with Gasteiger partial charge in [-0.1, -0.05) is 49.3 Å². The molecule has 0 spiro atoms. The maximum Gasteiger partial charge on any atom is 0.225 e. The van der Waals surface area contributed by atoms with Gasteiger partial charge in [0.2, 0.25) is 5.91 Å². The largest absolute Gasteiger partial charge is 0.496 e. The van der Waals surface area contributed by atoms with Crippen molar-refractivity contribution in [1.82, 2.24) is 4.90 Å². The Hall–Kier alpha value is -2.89. The van der Waals surface area contributed by atoms with E-state index in [9.17, 15) is 9.18 Å². The van der Waals surface area contributed by atoms with Gasteiger partial charge in [0.15, 0.2) is 6.10 Å². The molecule has 0 saturated carbocycles. The molecule has 148 valence electrons. The van der Waals surface area contributed by atoms with Gasteiger partial charge in [0.25, 0.3) is 0 Å². The summed E-state index contributed by atoms with van der Waals surface area (Å²) in [7, 11) is 1.62. The molecule has 28 heavy (non-hydrogen) atoms. The van der Waals surface area contributed by atoms with E-state index in [1.165, 1.54) is 6.07 Å². The number of hydrogen-bond donors (Lipinski definition) is 0. The predicted octanol–water partition coefficient (Wildman–Crippen LogP) is 4.01. The number of para-hydroxylation sites is 1. The molecule has 0 bridgehead atoms. The van der Waals surface area contributed by atoms with Crippen molar-refractivity contribution in [2.24, 2.45) is 11.1 Å². The quantitative estimate of drug-likeness (QED) is 0.725. The molecule has 2 aromatic carbocycles. The first-order valence-corrected chi connectivity index (χ1v) is 9.38. The number of carbonyl (C=O) groups excluding carboxylic acids is 1. The highest BCUT2D eigenvalue weighted by Gasteiger charge is 2.29. The molecule has 3 rings (SSSR count). The summed E-state index contributed by atoms with van der Waals surface area (Å²) in [5.41, 5.74) is 2.15. The van der Waals surface area contributed by atoms with E-state index in [4.69, 9.17) is 9.57 Å². The SMILES string of the molecule is COc1ccccc1C1=NOC(CN(Cc2ccccc2F)C(=O)C(C)C)C1. The molecule has 1 amide bonds. The van der Waals surface area contributed by atoms with E-state index in [2.05, 4.69) is 5.16 Å². The van der Waals surface area contributed by atoms with Gasteiger partial charge in [-0.2, -0.15) is 0 Å². The van der Waals surface area contributed by atoms with Crippen LogP contribution in [0.25, 0.3) is 0 Å². The molecule has 6 heteroatoms. The molecular formula is C22H25FN2O3. The van der Waals surface area contributed by atoms with E-state index in [1.807, 2.05) is 38.1 Å². The minimum Gasteiger partial charge on any atom is -0.496 e. The predicted molar refractivity (Wildman–Crippen MR) is 106 cm³/mol. The summed E-state index contributed by atoms with van der Waals surface area (Å²) in [5.74, 6) is 0.176. The minimum absolute atomic E-state index is 0.0439. The van der Waals surface area contributed by atoms with Crippen molar-refractivity contribution in [3.63, 3.8) is 0 Å². The zero-order valence-corrected chi connectivity index (χ0v) is 16.4. The molecule has 5 nitrogen and oxygen atoms in total. The van der Waals surface area contributed by atoms with Crippen molar-refractivity contribution in [2.75, 3.05) is 13.7 Å². The number of halogens is 1. The number of oxime groups is 1. The Labute approximate surface area is 164 Å². The Bertz CT molecular complexity index is 866. The fourth-order valence-electron chi connectivity index (χ4n) is 3.24. The molecule has 1 aliphatic rings. The van der Waals surface area contributed by atoms with Crippen LogP contribution >= 0.6 is 0 Å².